The second kappa shape index (κ2) is 11.4. The fraction of sp³-hybridized carbons (Fsp3) is 0.0769. The van der Waals surface area contributed by atoms with E-state index in [1.54, 1.807) is 18.2 Å². The zero-order valence-electron chi connectivity index (χ0n) is 19.5. The van der Waals surface area contributed by atoms with Crippen LogP contribution < -0.4 is 20.3 Å². The van der Waals surface area contributed by atoms with Crippen LogP contribution in [0.25, 0.3) is 6.08 Å². The first kappa shape index (κ1) is 27.5. The Balaban J connectivity index is 1.51. The van der Waals surface area contributed by atoms with Crippen LogP contribution in [0.15, 0.2) is 60.2 Å². The fourth-order valence-corrected chi connectivity index (χ4v) is 4.37. The van der Waals surface area contributed by atoms with Crippen molar-refractivity contribution in [2.75, 3.05) is 16.8 Å². The van der Waals surface area contributed by atoms with E-state index in [0.29, 0.717) is 15.7 Å². The van der Waals surface area contributed by atoms with E-state index in [2.05, 4.69) is 10.6 Å². The zero-order valence-corrected chi connectivity index (χ0v) is 22.5. The molecular weight excluding hydrogens is 576 g/mol. The van der Waals surface area contributed by atoms with E-state index in [-0.39, 0.29) is 32.6 Å². The van der Waals surface area contributed by atoms with Crippen LogP contribution >= 0.6 is 46.4 Å². The van der Waals surface area contributed by atoms with Gasteiger partial charge in [0.05, 0.1) is 15.7 Å². The predicted octanol–water partition coefficient (Wildman–Crippen LogP) is 6.29. The second-order valence-corrected chi connectivity index (χ2v) is 9.71. The van der Waals surface area contributed by atoms with Crippen LogP contribution in [-0.4, -0.2) is 30.4 Å². The molecule has 0 atom stereocenters. The van der Waals surface area contributed by atoms with Crippen molar-refractivity contribution in [1.82, 2.24) is 5.32 Å². The van der Waals surface area contributed by atoms with E-state index in [1.165, 1.54) is 42.5 Å². The first-order chi connectivity index (χ1) is 18.0. The normalized spacial score (nSPS) is 14.5. The van der Waals surface area contributed by atoms with Gasteiger partial charge in [-0.3, -0.25) is 19.7 Å². The molecule has 1 aliphatic rings. The molecule has 2 N–H and O–H groups in total. The van der Waals surface area contributed by atoms with Crippen LogP contribution in [-0.2, 0) is 14.4 Å². The van der Waals surface area contributed by atoms with Gasteiger partial charge in [-0.15, -0.1) is 0 Å². The molecule has 1 aliphatic heterocycles. The standard InChI is InChI=1S/C26H17Cl4N3O5/c1-13-2-5-16(11-19(13)28)31-22(34)12-38-23-20(29)9-14(10-21(23)30)8-18-24(35)32-26(37)33(25(18)36)17-6-3-15(27)4-7-17/h2-11H,12H2,1H3,(H,31,34)(H,32,35,37)/b18-8-. The summed E-state index contributed by atoms with van der Waals surface area (Å²) in [4.78, 5) is 50.9. The van der Waals surface area contributed by atoms with Gasteiger partial charge in [-0.2, -0.15) is 0 Å². The van der Waals surface area contributed by atoms with E-state index < -0.39 is 30.4 Å². The Morgan fingerprint density at radius 2 is 1.61 bits per heavy atom. The number of benzene rings is 3. The number of barbiturate groups is 1. The molecule has 5 amide bonds. The Bertz CT molecular complexity index is 1480. The van der Waals surface area contributed by atoms with Crippen LogP contribution in [0.1, 0.15) is 11.1 Å². The van der Waals surface area contributed by atoms with E-state index >= 15 is 0 Å². The number of halogens is 4. The quantitative estimate of drug-likeness (QED) is 0.258. The van der Waals surface area contributed by atoms with Crippen molar-refractivity contribution in [3.8, 4) is 5.75 Å². The fourth-order valence-electron chi connectivity index (χ4n) is 3.45. The molecular formula is C26H17Cl4N3O5. The molecule has 194 valence electrons. The highest BCUT2D eigenvalue weighted by atomic mass is 35.5. The predicted molar refractivity (Wildman–Crippen MR) is 147 cm³/mol. The minimum Gasteiger partial charge on any atom is -0.481 e. The highest BCUT2D eigenvalue weighted by Gasteiger charge is 2.36. The molecule has 12 heteroatoms. The number of rotatable bonds is 6. The van der Waals surface area contributed by atoms with Crippen LogP contribution in [0.4, 0.5) is 16.2 Å². The lowest BCUT2D eigenvalue weighted by Gasteiger charge is -2.26. The number of carbonyl (C=O) groups excluding carboxylic acids is 4. The van der Waals surface area contributed by atoms with Gasteiger partial charge in [-0.1, -0.05) is 52.5 Å². The molecule has 0 spiro atoms. The summed E-state index contributed by atoms with van der Waals surface area (Å²) in [5.41, 5.74) is 1.55. The molecule has 8 nitrogen and oxygen atoms in total. The molecule has 0 radical (unpaired) electrons. The maximum absolute atomic E-state index is 13.0. The first-order valence-electron chi connectivity index (χ1n) is 10.9. The number of hydrogen-bond donors (Lipinski definition) is 2. The van der Waals surface area contributed by atoms with Crippen molar-refractivity contribution in [3.05, 3.63) is 91.4 Å². The minimum absolute atomic E-state index is 0.0323. The number of amides is 5. The molecule has 0 saturated carbocycles. The largest absolute Gasteiger partial charge is 0.481 e. The smallest absolute Gasteiger partial charge is 0.335 e. The lowest BCUT2D eigenvalue weighted by atomic mass is 10.1. The van der Waals surface area contributed by atoms with Gasteiger partial charge in [-0.25, -0.2) is 9.69 Å². The molecule has 0 aromatic heterocycles. The zero-order chi connectivity index (χ0) is 27.6. The molecule has 1 saturated heterocycles. The summed E-state index contributed by atoms with van der Waals surface area (Å²) in [5.74, 6) is -2.17. The van der Waals surface area contributed by atoms with Gasteiger partial charge < -0.3 is 10.1 Å². The van der Waals surface area contributed by atoms with E-state index in [9.17, 15) is 19.2 Å². The summed E-state index contributed by atoms with van der Waals surface area (Å²) in [5, 5.41) is 5.76. The molecule has 3 aromatic rings. The highest BCUT2D eigenvalue weighted by Crippen LogP contribution is 2.35. The SMILES string of the molecule is Cc1ccc(NC(=O)COc2c(Cl)cc(/C=C3/C(=O)NC(=O)N(c4ccc(Cl)cc4)C3=O)cc2Cl)cc1Cl. The maximum Gasteiger partial charge on any atom is 0.335 e. The number of nitrogens with one attached hydrogen (secondary N) is 2. The van der Waals surface area contributed by atoms with Gasteiger partial charge in [0.25, 0.3) is 17.7 Å². The number of aryl methyl sites for hydroxylation is 1. The number of anilines is 2. The Labute approximate surface area is 237 Å². The highest BCUT2D eigenvalue weighted by molar-refractivity contribution is 6.40. The number of ether oxygens (including phenoxy) is 1. The number of hydrogen-bond acceptors (Lipinski definition) is 5. The molecule has 0 unspecified atom stereocenters. The third-order valence-corrected chi connectivity index (χ3v) is 6.54. The van der Waals surface area contributed by atoms with Gasteiger partial charge in [0, 0.05) is 15.7 Å². The Morgan fingerprint density at radius 1 is 0.947 bits per heavy atom. The van der Waals surface area contributed by atoms with Crippen molar-refractivity contribution in [2.45, 2.75) is 6.92 Å². The number of carbonyl (C=O) groups is 4. The first-order valence-corrected chi connectivity index (χ1v) is 12.4. The Kier molecular flexibility index (Phi) is 8.28. The van der Waals surface area contributed by atoms with E-state index in [1.807, 2.05) is 6.92 Å². The van der Waals surface area contributed by atoms with Crippen molar-refractivity contribution in [1.29, 1.82) is 0 Å². The molecule has 1 fully saturated rings. The second-order valence-electron chi connectivity index (χ2n) is 8.05. The third kappa shape index (κ3) is 6.11. The number of imide groups is 2. The molecule has 38 heavy (non-hydrogen) atoms. The Morgan fingerprint density at radius 3 is 2.24 bits per heavy atom. The van der Waals surface area contributed by atoms with Crippen LogP contribution in [0.3, 0.4) is 0 Å². The summed E-state index contributed by atoms with van der Waals surface area (Å²) in [6, 6.07) is 12.9. The third-order valence-electron chi connectivity index (χ3n) is 5.32. The Hall–Kier alpha value is -3.56. The summed E-state index contributed by atoms with van der Waals surface area (Å²) >= 11 is 24.6. The van der Waals surface area contributed by atoms with Gasteiger partial charge >= 0.3 is 6.03 Å². The van der Waals surface area contributed by atoms with Crippen LogP contribution in [0, 0.1) is 6.92 Å². The summed E-state index contributed by atoms with van der Waals surface area (Å²) in [7, 11) is 0. The average Bonchev–Trinajstić information content (AvgIpc) is 2.84. The molecule has 1 heterocycles. The number of nitrogens with zero attached hydrogens (tertiary/aromatic N) is 1. The maximum atomic E-state index is 13.0. The van der Waals surface area contributed by atoms with Gasteiger partial charge in [0.2, 0.25) is 0 Å². The lowest BCUT2D eigenvalue weighted by Crippen LogP contribution is -2.54. The van der Waals surface area contributed by atoms with Crippen LogP contribution in [0.5, 0.6) is 5.75 Å². The topological polar surface area (TPSA) is 105 Å². The number of urea groups is 1. The van der Waals surface area contributed by atoms with E-state index in [4.69, 9.17) is 51.1 Å². The van der Waals surface area contributed by atoms with Crippen LogP contribution in [0.2, 0.25) is 20.1 Å². The summed E-state index contributed by atoms with van der Waals surface area (Å²) in [6.07, 6.45) is 1.24. The molecule has 0 bridgehead atoms. The molecule has 4 rings (SSSR count). The van der Waals surface area contributed by atoms with Crippen molar-refractivity contribution < 1.29 is 23.9 Å². The molecule has 0 aliphatic carbocycles. The minimum atomic E-state index is -0.898. The lowest BCUT2D eigenvalue weighted by molar-refractivity contribution is -0.122. The van der Waals surface area contributed by atoms with Crippen molar-refractivity contribution >= 4 is 87.6 Å². The summed E-state index contributed by atoms with van der Waals surface area (Å²) in [6.45, 7) is 1.44. The van der Waals surface area contributed by atoms with Gasteiger partial charge in [-0.05, 0) is 72.7 Å². The van der Waals surface area contributed by atoms with E-state index in [0.717, 1.165) is 10.5 Å². The van der Waals surface area contributed by atoms with Gasteiger partial charge in [0.15, 0.2) is 12.4 Å². The monoisotopic (exact) mass is 591 g/mol. The average molecular weight is 593 g/mol. The summed E-state index contributed by atoms with van der Waals surface area (Å²) < 4.78 is 5.50. The van der Waals surface area contributed by atoms with Crippen molar-refractivity contribution in [3.63, 3.8) is 0 Å². The van der Waals surface area contributed by atoms with Crippen molar-refractivity contribution in [2.24, 2.45) is 0 Å². The molecule has 3 aromatic carbocycles. The van der Waals surface area contributed by atoms with Gasteiger partial charge in [0.1, 0.15) is 5.57 Å².